The normalized spacial score (nSPS) is 26.0. The van der Waals surface area contributed by atoms with Crippen LogP contribution in [0.25, 0.3) is 0 Å². The first-order valence-corrected chi connectivity index (χ1v) is 8.99. The summed E-state index contributed by atoms with van der Waals surface area (Å²) in [6.45, 7) is 2.81. The van der Waals surface area contributed by atoms with Crippen molar-refractivity contribution >= 4 is 5.91 Å². The molecule has 0 aromatic heterocycles. The van der Waals surface area contributed by atoms with Crippen LogP contribution >= 0.6 is 0 Å². The molecule has 0 aliphatic heterocycles. The molecule has 3 rings (SSSR count). The lowest BCUT2D eigenvalue weighted by atomic mass is 9.89. The maximum Gasteiger partial charge on any atom is 0.236 e. The summed E-state index contributed by atoms with van der Waals surface area (Å²) in [6, 6.07) is 12.1. The Morgan fingerprint density at radius 3 is 2.22 bits per heavy atom. The van der Waals surface area contributed by atoms with Gasteiger partial charge in [-0.3, -0.25) is 9.69 Å². The quantitative estimate of drug-likeness (QED) is 0.847. The zero-order valence-corrected chi connectivity index (χ0v) is 14.1. The SMILES string of the molecule is CC(N)C(=O)NC1CCC(N(Cc2ccccc2)C2CC2)CC1. The number of benzene rings is 1. The van der Waals surface area contributed by atoms with Crippen molar-refractivity contribution in [2.75, 3.05) is 0 Å². The third-order valence-electron chi connectivity index (χ3n) is 5.15. The number of rotatable bonds is 6. The van der Waals surface area contributed by atoms with Gasteiger partial charge in [0.25, 0.3) is 0 Å². The number of nitrogens with zero attached hydrogens (tertiary/aromatic N) is 1. The van der Waals surface area contributed by atoms with Gasteiger partial charge in [-0.25, -0.2) is 0 Å². The number of amides is 1. The Kier molecular flexibility index (Phi) is 5.34. The van der Waals surface area contributed by atoms with Crippen molar-refractivity contribution in [2.45, 2.75) is 76.2 Å². The zero-order valence-electron chi connectivity index (χ0n) is 14.1. The minimum Gasteiger partial charge on any atom is -0.352 e. The van der Waals surface area contributed by atoms with Gasteiger partial charge in [0.2, 0.25) is 5.91 Å². The molecule has 0 bridgehead atoms. The topological polar surface area (TPSA) is 58.4 Å². The van der Waals surface area contributed by atoms with Gasteiger partial charge < -0.3 is 11.1 Å². The van der Waals surface area contributed by atoms with Crippen LogP contribution in [0.15, 0.2) is 30.3 Å². The molecule has 2 fully saturated rings. The molecule has 3 N–H and O–H groups in total. The van der Waals surface area contributed by atoms with Gasteiger partial charge in [-0.2, -0.15) is 0 Å². The maximum atomic E-state index is 11.7. The molecule has 4 heteroatoms. The highest BCUT2D eigenvalue weighted by Crippen LogP contribution is 2.35. The van der Waals surface area contributed by atoms with Crippen molar-refractivity contribution in [1.82, 2.24) is 10.2 Å². The third-order valence-corrected chi connectivity index (χ3v) is 5.15. The summed E-state index contributed by atoms with van der Waals surface area (Å²) in [7, 11) is 0. The predicted molar refractivity (Wildman–Crippen MR) is 92.8 cm³/mol. The fourth-order valence-corrected chi connectivity index (χ4v) is 3.64. The molecule has 4 nitrogen and oxygen atoms in total. The van der Waals surface area contributed by atoms with E-state index < -0.39 is 6.04 Å². The highest BCUT2D eigenvalue weighted by Gasteiger charge is 2.36. The van der Waals surface area contributed by atoms with Crippen LogP contribution < -0.4 is 11.1 Å². The van der Waals surface area contributed by atoms with Gasteiger partial charge in [0.05, 0.1) is 6.04 Å². The number of nitrogens with one attached hydrogen (secondary N) is 1. The minimum atomic E-state index is -0.409. The lowest BCUT2D eigenvalue weighted by Crippen LogP contribution is -2.48. The average Bonchev–Trinajstić information content (AvgIpc) is 3.39. The van der Waals surface area contributed by atoms with Crippen LogP contribution in [-0.2, 0) is 11.3 Å². The lowest BCUT2D eigenvalue weighted by molar-refractivity contribution is -0.123. The van der Waals surface area contributed by atoms with E-state index in [1.165, 1.54) is 31.2 Å². The molecule has 2 aliphatic carbocycles. The van der Waals surface area contributed by atoms with Crippen LogP contribution in [0.4, 0.5) is 0 Å². The summed E-state index contributed by atoms with van der Waals surface area (Å²) in [6.07, 6.45) is 7.17. The molecule has 2 saturated carbocycles. The Bertz CT molecular complexity index is 505. The molecule has 126 valence electrons. The number of carbonyl (C=O) groups is 1. The van der Waals surface area contributed by atoms with Crippen molar-refractivity contribution in [2.24, 2.45) is 5.73 Å². The van der Waals surface area contributed by atoms with Crippen molar-refractivity contribution in [3.63, 3.8) is 0 Å². The molecule has 0 radical (unpaired) electrons. The maximum absolute atomic E-state index is 11.7. The van der Waals surface area contributed by atoms with Gasteiger partial charge in [-0.05, 0) is 51.0 Å². The van der Waals surface area contributed by atoms with E-state index in [-0.39, 0.29) is 5.91 Å². The molecule has 0 heterocycles. The Morgan fingerprint density at radius 1 is 1.13 bits per heavy atom. The summed E-state index contributed by atoms with van der Waals surface area (Å²) < 4.78 is 0. The highest BCUT2D eigenvalue weighted by molar-refractivity contribution is 5.81. The first-order chi connectivity index (χ1) is 11.1. The summed E-state index contributed by atoms with van der Waals surface area (Å²) in [5.41, 5.74) is 7.05. The fourth-order valence-electron chi connectivity index (χ4n) is 3.64. The van der Waals surface area contributed by atoms with Crippen molar-refractivity contribution in [1.29, 1.82) is 0 Å². The summed E-state index contributed by atoms with van der Waals surface area (Å²) in [4.78, 5) is 14.4. The van der Waals surface area contributed by atoms with Crippen LogP contribution in [0.1, 0.15) is 51.0 Å². The van der Waals surface area contributed by atoms with E-state index in [0.29, 0.717) is 12.1 Å². The lowest BCUT2D eigenvalue weighted by Gasteiger charge is -2.37. The molecule has 1 unspecified atom stereocenters. The van der Waals surface area contributed by atoms with E-state index in [1.807, 2.05) is 0 Å². The van der Waals surface area contributed by atoms with Gasteiger partial charge in [0.15, 0.2) is 0 Å². The zero-order chi connectivity index (χ0) is 16.2. The van der Waals surface area contributed by atoms with Crippen molar-refractivity contribution in [3.05, 3.63) is 35.9 Å². The molecular formula is C19H29N3O. The van der Waals surface area contributed by atoms with Crippen LogP contribution in [0.3, 0.4) is 0 Å². The van der Waals surface area contributed by atoms with E-state index in [1.54, 1.807) is 6.92 Å². The van der Waals surface area contributed by atoms with Crippen molar-refractivity contribution in [3.8, 4) is 0 Å². The molecule has 1 aromatic carbocycles. The average molecular weight is 315 g/mol. The van der Waals surface area contributed by atoms with E-state index in [9.17, 15) is 4.79 Å². The van der Waals surface area contributed by atoms with Gasteiger partial charge in [-0.1, -0.05) is 30.3 Å². The number of nitrogens with two attached hydrogens (primary N) is 1. The largest absolute Gasteiger partial charge is 0.352 e. The van der Waals surface area contributed by atoms with E-state index in [2.05, 4.69) is 40.5 Å². The van der Waals surface area contributed by atoms with Crippen LogP contribution in [-0.4, -0.2) is 35.0 Å². The Balaban J connectivity index is 1.53. The first-order valence-electron chi connectivity index (χ1n) is 8.99. The van der Waals surface area contributed by atoms with Gasteiger partial charge in [-0.15, -0.1) is 0 Å². The van der Waals surface area contributed by atoms with E-state index in [0.717, 1.165) is 25.4 Å². The Hall–Kier alpha value is -1.39. The van der Waals surface area contributed by atoms with E-state index >= 15 is 0 Å². The standard InChI is InChI=1S/C19H29N3O/c1-14(20)19(23)21-16-7-9-17(10-8-16)22(18-11-12-18)13-15-5-3-2-4-6-15/h2-6,14,16-18H,7-13,20H2,1H3,(H,21,23). The summed E-state index contributed by atoms with van der Waals surface area (Å²) in [5, 5.41) is 3.09. The first kappa shape index (κ1) is 16.5. The van der Waals surface area contributed by atoms with Gasteiger partial charge >= 0.3 is 0 Å². The molecule has 1 amide bonds. The molecule has 2 aliphatic rings. The minimum absolute atomic E-state index is 0.0169. The molecular weight excluding hydrogens is 286 g/mol. The molecule has 1 atom stereocenters. The second kappa shape index (κ2) is 7.45. The van der Waals surface area contributed by atoms with Crippen molar-refractivity contribution < 1.29 is 4.79 Å². The second-order valence-electron chi connectivity index (χ2n) is 7.19. The number of carbonyl (C=O) groups excluding carboxylic acids is 1. The monoisotopic (exact) mass is 315 g/mol. The smallest absolute Gasteiger partial charge is 0.236 e. The Morgan fingerprint density at radius 2 is 1.70 bits per heavy atom. The summed E-state index contributed by atoms with van der Waals surface area (Å²) >= 11 is 0. The van der Waals surface area contributed by atoms with Gasteiger partial charge in [0, 0.05) is 24.7 Å². The molecule has 0 spiro atoms. The third kappa shape index (κ3) is 4.55. The van der Waals surface area contributed by atoms with Gasteiger partial charge in [0.1, 0.15) is 0 Å². The number of hydrogen-bond donors (Lipinski definition) is 2. The second-order valence-corrected chi connectivity index (χ2v) is 7.19. The predicted octanol–water partition coefficient (Wildman–Crippen LogP) is 2.43. The van der Waals surface area contributed by atoms with Crippen LogP contribution in [0.5, 0.6) is 0 Å². The van der Waals surface area contributed by atoms with Crippen LogP contribution in [0, 0.1) is 0 Å². The molecule has 1 aromatic rings. The molecule has 0 saturated heterocycles. The van der Waals surface area contributed by atoms with E-state index in [4.69, 9.17) is 5.73 Å². The number of hydrogen-bond acceptors (Lipinski definition) is 3. The van der Waals surface area contributed by atoms with Crippen LogP contribution in [0.2, 0.25) is 0 Å². The highest BCUT2D eigenvalue weighted by atomic mass is 16.2. The molecule has 23 heavy (non-hydrogen) atoms. The summed E-state index contributed by atoms with van der Waals surface area (Å²) in [5.74, 6) is -0.0169. The fraction of sp³-hybridized carbons (Fsp3) is 0.632. The Labute approximate surface area is 139 Å².